The lowest BCUT2D eigenvalue weighted by atomic mass is 10.1. The summed E-state index contributed by atoms with van der Waals surface area (Å²) in [4.78, 5) is 36.9. The maximum Gasteiger partial charge on any atom is 0.306 e. The number of quaternary nitrogens is 1. The van der Waals surface area contributed by atoms with Crippen LogP contribution in [-0.2, 0) is 28.6 Å². The lowest BCUT2D eigenvalue weighted by Gasteiger charge is -2.34. The molecule has 2 atom stereocenters. The smallest absolute Gasteiger partial charge is 0.306 e. The molecule has 0 aliphatic carbocycles. The first kappa shape index (κ1) is 55.7. The lowest BCUT2D eigenvalue weighted by molar-refractivity contribution is -0.889. The van der Waals surface area contributed by atoms with Crippen LogP contribution in [0.5, 0.6) is 0 Å². The number of ether oxygens (including phenoxy) is 3. The zero-order valence-corrected chi connectivity index (χ0v) is 38.1. The van der Waals surface area contributed by atoms with E-state index in [0.717, 1.165) is 96.3 Å². The summed E-state index contributed by atoms with van der Waals surface area (Å²) in [6, 6.07) is -0.751. The Morgan fingerprint density at radius 1 is 0.500 bits per heavy atom. The number of aliphatic carboxylic acids is 1. The average Bonchev–Trinajstić information content (AvgIpc) is 3.21. The Morgan fingerprint density at radius 2 is 0.917 bits per heavy atom. The van der Waals surface area contributed by atoms with Crippen molar-refractivity contribution in [3.05, 3.63) is 122 Å². The summed E-state index contributed by atoms with van der Waals surface area (Å²) in [7, 11) is 5.36. The van der Waals surface area contributed by atoms with E-state index in [9.17, 15) is 19.5 Å². The van der Waals surface area contributed by atoms with Crippen molar-refractivity contribution in [1.82, 2.24) is 0 Å². The van der Waals surface area contributed by atoms with Gasteiger partial charge in [0.2, 0.25) is 0 Å². The van der Waals surface area contributed by atoms with Crippen LogP contribution < -0.4 is 5.11 Å². The standard InChI is InChI=1S/C52H81NO7/c1-6-8-10-12-14-16-18-20-22-24-25-26-27-29-30-32-34-36-38-40-42-50(54)59-47-48(46-58-45-44-49(52(56)57)53(3,4)5)60-51(55)43-41-39-37-35-33-31-28-23-21-19-17-15-13-11-9-7-2/h8-11,14-17,20-23,25-26,29-31,33,37,39,48-49H,6-7,12-13,18-19,24,27-28,32,34-36,38,40-47H2,1-5H3/b10-8+,11-9+,16-14+,17-15+,22-20+,23-21+,26-25+,30-29+,33-31+,39-37+. The quantitative estimate of drug-likeness (QED) is 0.0264. The number of hydrogen-bond donors (Lipinski definition) is 0. The first-order chi connectivity index (χ1) is 29.1. The van der Waals surface area contributed by atoms with Gasteiger partial charge in [-0.1, -0.05) is 148 Å². The Balaban J connectivity index is 4.51. The highest BCUT2D eigenvalue weighted by Gasteiger charge is 2.25. The minimum absolute atomic E-state index is 0.00655. The molecule has 2 unspecified atom stereocenters. The van der Waals surface area contributed by atoms with Crippen molar-refractivity contribution < 1.29 is 38.2 Å². The van der Waals surface area contributed by atoms with Crippen molar-refractivity contribution in [2.75, 3.05) is 41.0 Å². The molecule has 0 aliphatic rings. The molecule has 0 fully saturated rings. The first-order valence-corrected chi connectivity index (χ1v) is 22.6. The van der Waals surface area contributed by atoms with Crippen LogP contribution in [0.3, 0.4) is 0 Å². The highest BCUT2D eigenvalue weighted by atomic mass is 16.6. The molecule has 8 heteroatoms. The van der Waals surface area contributed by atoms with E-state index in [0.29, 0.717) is 12.8 Å². The Morgan fingerprint density at radius 3 is 1.35 bits per heavy atom. The molecule has 0 rings (SSSR count). The predicted octanol–water partition coefficient (Wildman–Crippen LogP) is 11.3. The van der Waals surface area contributed by atoms with Gasteiger partial charge in [0.25, 0.3) is 0 Å². The maximum absolute atomic E-state index is 12.7. The Bertz CT molecular complexity index is 1390. The third-order valence-corrected chi connectivity index (χ3v) is 9.11. The van der Waals surface area contributed by atoms with Gasteiger partial charge >= 0.3 is 11.9 Å². The van der Waals surface area contributed by atoms with Crippen LogP contribution in [0.15, 0.2) is 122 Å². The van der Waals surface area contributed by atoms with Gasteiger partial charge in [0.05, 0.1) is 40.3 Å². The fourth-order valence-corrected chi connectivity index (χ4v) is 5.67. The zero-order valence-electron chi connectivity index (χ0n) is 38.1. The van der Waals surface area contributed by atoms with Crippen molar-refractivity contribution in [2.24, 2.45) is 0 Å². The van der Waals surface area contributed by atoms with Gasteiger partial charge in [-0.25, -0.2) is 0 Å². The molecule has 8 nitrogen and oxygen atoms in total. The summed E-state index contributed by atoms with van der Waals surface area (Å²) in [5, 5.41) is 11.6. The molecule has 0 spiro atoms. The van der Waals surface area contributed by atoms with Crippen LogP contribution in [0.25, 0.3) is 0 Å². The molecule has 0 saturated carbocycles. The number of allylic oxidation sites excluding steroid dienone is 20. The second-order valence-electron chi connectivity index (χ2n) is 15.5. The number of likely N-dealkylation sites (N-methyl/N-ethyl adjacent to an activating group) is 1. The monoisotopic (exact) mass is 832 g/mol. The van der Waals surface area contributed by atoms with Gasteiger partial charge in [0, 0.05) is 19.3 Å². The molecule has 60 heavy (non-hydrogen) atoms. The second-order valence-corrected chi connectivity index (χ2v) is 15.5. The van der Waals surface area contributed by atoms with E-state index in [1.54, 1.807) is 21.1 Å². The first-order valence-electron chi connectivity index (χ1n) is 22.6. The van der Waals surface area contributed by atoms with Gasteiger partial charge in [0.15, 0.2) is 6.10 Å². The molecule has 336 valence electrons. The van der Waals surface area contributed by atoms with Crippen molar-refractivity contribution in [2.45, 2.75) is 148 Å². The third kappa shape index (κ3) is 39.2. The van der Waals surface area contributed by atoms with E-state index in [4.69, 9.17) is 14.2 Å². The minimum Gasteiger partial charge on any atom is -0.544 e. The van der Waals surface area contributed by atoms with Gasteiger partial charge in [-0.3, -0.25) is 9.59 Å². The van der Waals surface area contributed by atoms with Crippen molar-refractivity contribution in [3.63, 3.8) is 0 Å². The van der Waals surface area contributed by atoms with Gasteiger partial charge in [0.1, 0.15) is 12.6 Å². The van der Waals surface area contributed by atoms with E-state index < -0.39 is 24.1 Å². The van der Waals surface area contributed by atoms with Crippen molar-refractivity contribution in [1.29, 1.82) is 0 Å². The number of unbranched alkanes of at least 4 members (excludes halogenated alkanes) is 4. The Hall–Kier alpha value is -4.27. The van der Waals surface area contributed by atoms with Gasteiger partial charge in [-0.2, -0.15) is 0 Å². The van der Waals surface area contributed by atoms with E-state index in [1.807, 2.05) is 12.2 Å². The highest BCUT2D eigenvalue weighted by molar-refractivity contribution is 5.70. The normalized spacial score (nSPS) is 14.1. The Labute approximate surface area is 365 Å². The van der Waals surface area contributed by atoms with Crippen LogP contribution in [0.2, 0.25) is 0 Å². The fourth-order valence-electron chi connectivity index (χ4n) is 5.67. The molecule has 0 amide bonds. The second kappa shape index (κ2) is 41.5. The third-order valence-electron chi connectivity index (χ3n) is 9.11. The van der Waals surface area contributed by atoms with Crippen LogP contribution in [-0.4, -0.2) is 75.5 Å². The molecule has 0 bridgehead atoms. The predicted molar refractivity (Wildman–Crippen MR) is 249 cm³/mol. The van der Waals surface area contributed by atoms with Gasteiger partial charge in [-0.05, 0) is 89.9 Å². The summed E-state index contributed by atoms with van der Waals surface area (Å²) < 4.78 is 17.1. The SMILES string of the molecule is CC/C=C/C/C=C/C/C=C/C/C=C/C/C=C/CCCCCCC(=O)OCC(COCCC(C(=O)[O-])[N+](C)(C)C)OC(=O)CC/C=C/C/C=C/C/C=C/C/C=C/C/C=C/CC. The molecule has 0 aromatic heterocycles. The number of carbonyl (C=O) groups excluding carboxylic acids is 3. The average molecular weight is 832 g/mol. The van der Waals surface area contributed by atoms with E-state index >= 15 is 0 Å². The summed E-state index contributed by atoms with van der Waals surface area (Å²) in [6.45, 7) is 4.29. The summed E-state index contributed by atoms with van der Waals surface area (Å²) >= 11 is 0. The molecule has 0 radical (unpaired) electrons. The number of carbonyl (C=O) groups is 3. The minimum atomic E-state index is -1.15. The molecule has 0 saturated heterocycles. The Kier molecular flexibility index (Phi) is 38.5. The number of hydrogen-bond acceptors (Lipinski definition) is 7. The van der Waals surface area contributed by atoms with E-state index in [-0.39, 0.29) is 43.1 Å². The van der Waals surface area contributed by atoms with E-state index in [1.165, 1.54) is 0 Å². The largest absolute Gasteiger partial charge is 0.544 e. The molecule has 0 aromatic carbocycles. The number of carboxylic acid groups (broad SMARTS) is 1. The number of esters is 2. The zero-order chi connectivity index (χ0) is 44.2. The van der Waals surface area contributed by atoms with Crippen LogP contribution in [0.1, 0.15) is 136 Å². The van der Waals surface area contributed by atoms with Crippen LogP contribution in [0, 0.1) is 0 Å². The fraction of sp³-hybridized carbons (Fsp3) is 0.558. The number of rotatable bonds is 38. The summed E-state index contributed by atoms with van der Waals surface area (Å²) in [5.41, 5.74) is 0. The number of carboxylic acids is 1. The van der Waals surface area contributed by atoms with Crippen molar-refractivity contribution in [3.8, 4) is 0 Å². The molecule has 0 heterocycles. The van der Waals surface area contributed by atoms with Crippen molar-refractivity contribution >= 4 is 17.9 Å². The van der Waals surface area contributed by atoms with Gasteiger partial charge in [-0.15, -0.1) is 0 Å². The molecule has 0 aliphatic heterocycles. The van der Waals surface area contributed by atoms with E-state index in [2.05, 4.69) is 123 Å². The topological polar surface area (TPSA) is 102 Å². The molecular formula is C52H81NO7. The number of nitrogens with zero attached hydrogens (tertiary/aromatic N) is 1. The maximum atomic E-state index is 12.7. The molecule has 0 N–H and O–H groups in total. The van der Waals surface area contributed by atoms with Crippen LogP contribution in [0.4, 0.5) is 0 Å². The van der Waals surface area contributed by atoms with Gasteiger partial charge < -0.3 is 28.6 Å². The lowest BCUT2D eigenvalue weighted by Crippen LogP contribution is -2.55. The summed E-state index contributed by atoms with van der Waals surface area (Å²) in [5.74, 6) is -1.89. The molecule has 0 aromatic rings. The molecular weight excluding hydrogens is 751 g/mol. The highest BCUT2D eigenvalue weighted by Crippen LogP contribution is 2.11. The van der Waals surface area contributed by atoms with Crippen LogP contribution >= 0.6 is 0 Å². The summed E-state index contributed by atoms with van der Waals surface area (Å²) in [6.07, 6.45) is 58.1.